The van der Waals surface area contributed by atoms with Gasteiger partial charge in [0, 0.05) is 10.6 Å². The normalized spacial score (nSPS) is 17.4. The van der Waals surface area contributed by atoms with Crippen molar-refractivity contribution in [3.8, 4) is 6.07 Å². The Kier molecular flexibility index (Phi) is 2.19. The molecule has 6 heteroatoms. The van der Waals surface area contributed by atoms with E-state index in [-0.39, 0.29) is 5.56 Å². The molecule has 0 saturated carbocycles. The molecule has 1 aromatic rings. The first-order valence-corrected chi connectivity index (χ1v) is 7.47. The van der Waals surface area contributed by atoms with Crippen LogP contribution >= 0.6 is 0 Å². The minimum atomic E-state index is -2.39. The molecule has 76 valence electrons. The number of halogens is 1. The van der Waals surface area contributed by atoms with Crippen molar-refractivity contribution < 1.29 is 13.8 Å². The van der Waals surface area contributed by atoms with Crippen LogP contribution < -0.4 is 10.6 Å². The summed E-state index contributed by atoms with van der Waals surface area (Å²) in [6.45, 7) is 3.60. The highest BCUT2D eigenvalue weighted by Gasteiger charge is 2.46. The Morgan fingerprint density at radius 1 is 1.53 bits per heavy atom. The number of benzene rings is 1. The molecule has 0 atom stereocenters. The first-order valence-electron chi connectivity index (χ1n) is 4.56. The lowest BCUT2D eigenvalue weighted by atomic mass is 9.77. The van der Waals surface area contributed by atoms with Gasteiger partial charge in [-0.3, -0.25) is 0 Å². The summed E-state index contributed by atoms with van der Waals surface area (Å²) in [5.74, 6) is -0.391. The molecule has 0 saturated heterocycles. The van der Waals surface area contributed by atoms with E-state index >= 15 is 0 Å². The number of hydrogen-bond acceptors (Lipinski definition) is 3. The first kappa shape index (κ1) is 10.4. The van der Waals surface area contributed by atoms with Crippen molar-refractivity contribution in [1.29, 1.82) is 5.26 Å². The maximum absolute atomic E-state index is 13.6. The summed E-state index contributed by atoms with van der Waals surface area (Å²) in [5, 5.41) is 18.9. The Hall–Kier alpha value is -1.16. The predicted molar refractivity (Wildman–Crippen MR) is 56.9 cm³/mol. The second-order valence-corrected chi connectivity index (χ2v) is 7.73. The summed E-state index contributed by atoms with van der Waals surface area (Å²) in [5.41, 5.74) is 0.603. The van der Waals surface area contributed by atoms with Gasteiger partial charge in [0.05, 0.1) is 11.6 Å². The van der Waals surface area contributed by atoms with Crippen LogP contribution in [-0.2, 0) is 4.34 Å². The van der Waals surface area contributed by atoms with Crippen molar-refractivity contribution in [2.24, 2.45) is 0 Å². The molecule has 0 fully saturated rings. The van der Waals surface area contributed by atoms with Gasteiger partial charge >= 0.3 is 7.12 Å². The van der Waals surface area contributed by atoms with E-state index < -0.39 is 21.3 Å². The van der Waals surface area contributed by atoms with E-state index in [0.717, 1.165) is 0 Å². The van der Waals surface area contributed by atoms with Crippen molar-refractivity contribution in [1.82, 2.24) is 0 Å². The number of nitrogens with zero attached hydrogens (tertiary/aromatic N) is 1. The van der Waals surface area contributed by atoms with Gasteiger partial charge in [-0.1, -0.05) is 0 Å². The number of rotatable bonds is 0. The number of hydrogen-bond donors (Lipinski definition) is 1. The van der Waals surface area contributed by atoms with Gasteiger partial charge in [0.2, 0.25) is 8.32 Å². The molecule has 1 heterocycles. The Bertz CT molecular complexity index is 472. The third kappa shape index (κ3) is 1.40. The Morgan fingerprint density at radius 2 is 2.20 bits per heavy atom. The monoisotopic (exact) mass is 221 g/mol. The average molecular weight is 221 g/mol. The SMILES string of the molecule is C[Si]1(C)OB(O)c2c(C#N)ccc(F)c21. The lowest BCUT2D eigenvalue weighted by Crippen LogP contribution is -2.46. The van der Waals surface area contributed by atoms with Gasteiger partial charge in [-0.2, -0.15) is 5.26 Å². The van der Waals surface area contributed by atoms with E-state index in [9.17, 15) is 9.41 Å². The van der Waals surface area contributed by atoms with Crippen molar-refractivity contribution in [3.63, 3.8) is 0 Å². The third-order valence-electron chi connectivity index (χ3n) is 2.57. The summed E-state index contributed by atoms with van der Waals surface area (Å²) in [6.07, 6.45) is 0. The molecular formula is C9H9BFNO2Si. The van der Waals surface area contributed by atoms with E-state index in [1.165, 1.54) is 12.1 Å². The first-order chi connectivity index (χ1) is 6.97. The minimum Gasteiger partial charge on any atom is -0.446 e. The molecule has 1 aliphatic rings. The molecule has 1 aliphatic heterocycles. The predicted octanol–water partition coefficient (Wildman–Crippen LogP) is -0.173. The molecule has 0 radical (unpaired) electrons. The zero-order valence-electron chi connectivity index (χ0n) is 8.41. The van der Waals surface area contributed by atoms with Gasteiger partial charge in [-0.05, 0) is 25.2 Å². The lowest BCUT2D eigenvalue weighted by Gasteiger charge is -2.16. The number of nitriles is 1. The van der Waals surface area contributed by atoms with Gasteiger partial charge < -0.3 is 9.37 Å². The van der Waals surface area contributed by atoms with E-state index in [1.807, 2.05) is 6.07 Å². The van der Waals surface area contributed by atoms with Crippen LogP contribution in [0, 0.1) is 17.1 Å². The fraction of sp³-hybridized carbons (Fsp3) is 0.222. The Balaban J connectivity index is 2.77. The highest BCUT2D eigenvalue weighted by molar-refractivity contribution is 6.98. The molecule has 0 bridgehead atoms. The zero-order valence-corrected chi connectivity index (χ0v) is 9.41. The molecular weight excluding hydrogens is 212 g/mol. The van der Waals surface area contributed by atoms with Gasteiger partial charge in [-0.25, -0.2) is 4.39 Å². The van der Waals surface area contributed by atoms with Gasteiger partial charge in [0.25, 0.3) is 0 Å². The third-order valence-corrected chi connectivity index (χ3v) is 5.10. The zero-order chi connectivity index (χ0) is 11.2. The second kappa shape index (κ2) is 3.17. The topological polar surface area (TPSA) is 53.2 Å². The molecule has 0 unspecified atom stereocenters. The Labute approximate surface area is 88.4 Å². The largest absolute Gasteiger partial charge is 0.482 e. The summed E-state index contributed by atoms with van der Waals surface area (Å²) < 4.78 is 19.0. The second-order valence-electron chi connectivity index (χ2n) is 3.98. The maximum atomic E-state index is 13.6. The fourth-order valence-corrected chi connectivity index (χ4v) is 4.31. The molecule has 15 heavy (non-hydrogen) atoms. The standard InChI is InChI=1S/C9H9BFNO2Si/c1-15(2)9-7(11)4-3-6(5-12)8(9)10(13)14-15/h3-4,13H,1-2H3. The van der Waals surface area contributed by atoms with Crippen LogP contribution in [0.3, 0.4) is 0 Å². The summed E-state index contributed by atoms with van der Waals surface area (Å²) in [7, 11) is -3.55. The van der Waals surface area contributed by atoms with Crippen molar-refractivity contribution in [2.75, 3.05) is 0 Å². The minimum absolute atomic E-state index is 0.289. The lowest BCUT2D eigenvalue weighted by molar-refractivity contribution is 0.440. The van der Waals surface area contributed by atoms with Crippen LogP contribution in [0.5, 0.6) is 0 Å². The quantitative estimate of drug-likeness (QED) is 0.618. The molecule has 2 rings (SSSR count). The molecule has 1 aromatic carbocycles. The van der Waals surface area contributed by atoms with Crippen LogP contribution in [-0.4, -0.2) is 20.5 Å². The highest BCUT2D eigenvalue weighted by atomic mass is 28.4. The molecule has 0 aromatic heterocycles. The van der Waals surface area contributed by atoms with Crippen LogP contribution in [0.1, 0.15) is 5.56 Å². The van der Waals surface area contributed by atoms with E-state index in [0.29, 0.717) is 10.6 Å². The molecule has 0 amide bonds. The summed E-state index contributed by atoms with van der Waals surface area (Å²) >= 11 is 0. The van der Waals surface area contributed by atoms with Gasteiger partial charge in [0.1, 0.15) is 5.82 Å². The fourth-order valence-electron chi connectivity index (χ4n) is 1.96. The molecule has 1 N–H and O–H groups in total. The van der Waals surface area contributed by atoms with Crippen molar-refractivity contribution in [3.05, 3.63) is 23.5 Å². The van der Waals surface area contributed by atoms with Crippen molar-refractivity contribution >= 4 is 26.1 Å². The maximum Gasteiger partial charge on any atom is 0.482 e. The Morgan fingerprint density at radius 3 is 2.80 bits per heavy atom. The summed E-state index contributed by atoms with van der Waals surface area (Å²) in [6, 6.07) is 4.57. The smallest absolute Gasteiger partial charge is 0.446 e. The van der Waals surface area contributed by atoms with Gasteiger partial charge in [0.15, 0.2) is 0 Å². The van der Waals surface area contributed by atoms with Gasteiger partial charge in [-0.15, -0.1) is 0 Å². The molecule has 0 spiro atoms. The molecule has 3 nitrogen and oxygen atoms in total. The van der Waals surface area contributed by atoms with Crippen LogP contribution in [0.25, 0.3) is 0 Å². The van der Waals surface area contributed by atoms with Crippen LogP contribution in [0.4, 0.5) is 4.39 Å². The summed E-state index contributed by atoms with van der Waals surface area (Å²) in [4.78, 5) is 0. The number of fused-ring (bicyclic) bond motifs is 1. The van der Waals surface area contributed by atoms with E-state index in [1.54, 1.807) is 13.1 Å². The van der Waals surface area contributed by atoms with E-state index in [2.05, 4.69) is 0 Å². The van der Waals surface area contributed by atoms with Crippen LogP contribution in [0.15, 0.2) is 12.1 Å². The highest BCUT2D eigenvalue weighted by Crippen LogP contribution is 2.16. The van der Waals surface area contributed by atoms with E-state index in [4.69, 9.17) is 9.61 Å². The average Bonchev–Trinajstić information content (AvgIpc) is 2.39. The molecule has 0 aliphatic carbocycles. The van der Waals surface area contributed by atoms with Crippen LogP contribution in [0.2, 0.25) is 13.1 Å². The van der Waals surface area contributed by atoms with Crippen molar-refractivity contribution in [2.45, 2.75) is 13.1 Å².